The van der Waals surface area contributed by atoms with Crippen molar-refractivity contribution < 1.29 is 4.52 Å². The van der Waals surface area contributed by atoms with Crippen LogP contribution in [-0.2, 0) is 0 Å². The molecule has 5 nitrogen and oxygen atoms in total. The first-order valence-electron chi connectivity index (χ1n) is 8.26. The van der Waals surface area contributed by atoms with Gasteiger partial charge in [0.1, 0.15) is 17.2 Å². The van der Waals surface area contributed by atoms with Crippen LogP contribution in [0.1, 0.15) is 35.5 Å². The lowest BCUT2D eigenvalue weighted by atomic mass is 9.96. The zero-order chi connectivity index (χ0) is 17.9. The Kier molecular flexibility index (Phi) is 3.29. The molecule has 0 amide bonds. The molecule has 126 valence electrons. The van der Waals surface area contributed by atoms with Crippen molar-refractivity contribution in [2.24, 2.45) is 0 Å². The number of aromatic nitrogens is 4. The lowest BCUT2D eigenvalue weighted by Crippen LogP contribution is -1.94. The van der Waals surface area contributed by atoms with E-state index in [-0.39, 0.29) is 0 Å². The highest BCUT2D eigenvalue weighted by atomic mass is 16.5. The van der Waals surface area contributed by atoms with Gasteiger partial charge in [0.25, 0.3) is 0 Å². The summed E-state index contributed by atoms with van der Waals surface area (Å²) in [5, 5.41) is 6.23. The van der Waals surface area contributed by atoms with E-state index in [1.54, 1.807) is 0 Å². The number of benzene rings is 1. The molecule has 0 aliphatic heterocycles. The molecule has 0 atom stereocenters. The summed E-state index contributed by atoms with van der Waals surface area (Å²) in [5.74, 6) is 1.56. The number of aromatic amines is 1. The van der Waals surface area contributed by atoms with Gasteiger partial charge in [0.2, 0.25) is 0 Å². The number of rotatable bonds is 2. The van der Waals surface area contributed by atoms with Crippen molar-refractivity contribution in [1.29, 1.82) is 0 Å². The third-order valence-electron chi connectivity index (χ3n) is 4.61. The van der Waals surface area contributed by atoms with Gasteiger partial charge in [0.05, 0.1) is 16.8 Å². The summed E-state index contributed by atoms with van der Waals surface area (Å²) in [4.78, 5) is 12.6. The highest BCUT2D eigenvalue weighted by Crippen LogP contribution is 2.36. The fourth-order valence-electron chi connectivity index (χ4n) is 3.51. The third-order valence-corrected chi connectivity index (χ3v) is 4.61. The number of hydrogen-bond donors (Lipinski definition) is 1. The largest absolute Gasteiger partial charge is 0.361 e. The average Bonchev–Trinajstić information content (AvgIpc) is 3.05. The Morgan fingerprint density at radius 1 is 1.12 bits per heavy atom. The molecule has 5 heteroatoms. The first-order valence-corrected chi connectivity index (χ1v) is 8.26. The lowest BCUT2D eigenvalue weighted by molar-refractivity contribution is 0.393. The average molecular weight is 332 g/mol. The normalized spacial score (nSPS) is 11.6. The zero-order valence-corrected chi connectivity index (χ0v) is 15.1. The Hall–Kier alpha value is -2.95. The maximum absolute atomic E-state index is 5.35. The van der Waals surface area contributed by atoms with Crippen LogP contribution in [0.5, 0.6) is 0 Å². The molecular weight excluding hydrogens is 312 g/mol. The van der Waals surface area contributed by atoms with Crippen molar-refractivity contribution >= 4 is 27.5 Å². The van der Waals surface area contributed by atoms with Crippen molar-refractivity contribution in [3.63, 3.8) is 0 Å². The number of hydrogen-bond acceptors (Lipinski definition) is 4. The van der Waals surface area contributed by atoms with E-state index in [4.69, 9.17) is 4.52 Å². The van der Waals surface area contributed by atoms with E-state index in [9.17, 15) is 0 Å². The Balaban J connectivity index is 2.10. The van der Waals surface area contributed by atoms with E-state index >= 15 is 0 Å². The zero-order valence-electron chi connectivity index (χ0n) is 15.1. The first kappa shape index (κ1) is 15.6. The Labute approximate surface area is 145 Å². The van der Waals surface area contributed by atoms with Crippen molar-refractivity contribution in [2.45, 2.75) is 34.6 Å². The molecular formula is C20H20N4O. The predicted octanol–water partition coefficient (Wildman–Crippen LogP) is 5.03. The summed E-state index contributed by atoms with van der Waals surface area (Å²) in [6, 6.07) is 4.33. The first-order chi connectivity index (χ1) is 11.9. The molecule has 3 aromatic heterocycles. The summed E-state index contributed by atoms with van der Waals surface area (Å²) in [6.07, 6.45) is 0. The molecule has 0 spiro atoms. The number of H-pyrrole nitrogens is 1. The van der Waals surface area contributed by atoms with Crippen LogP contribution in [0.4, 0.5) is 0 Å². The fourth-order valence-corrected chi connectivity index (χ4v) is 3.51. The van der Waals surface area contributed by atoms with Gasteiger partial charge >= 0.3 is 0 Å². The molecule has 0 bridgehead atoms. The van der Waals surface area contributed by atoms with Crippen LogP contribution in [0.3, 0.4) is 0 Å². The molecule has 0 saturated heterocycles. The molecule has 3 heterocycles. The van der Waals surface area contributed by atoms with Crippen LogP contribution in [-0.4, -0.2) is 20.1 Å². The summed E-state index contributed by atoms with van der Waals surface area (Å²) < 4.78 is 5.35. The summed E-state index contributed by atoms with van der Waals surface area (Å²) >= 11 is 0. The topological polar surface area (TPSA) is 67.6 Å². The van der Waals surface area contributed by atoms with Gasteiger partial charge in [0.15, 0.2) is 0 Å². The molecule has 0 unspecified atom stereocenters. The smallest absolute Gasteiger partial charge is 0.142 e. The van der Waals surface area contributed by atoms with E-state index in [2.05, 4.69) is 45.7 Å². The van der Waals surface area contributed by atoms with Crippen molar-refractivity contribution in [1.82, 2.24) is 20.1 Å². The second-order valence-electron chi connectivity index (χ2n) is 6.66. The fraction of sp³-hybridized carbons (Fsp3) is 0.250. The van der Waals surface area contributed by atoms with E-state index in [0.717, 1.165) is 67.2 Å². The molecule has 0 aliphatic carbocycles. The molecule has 0 aliphatic rings. The number of fused-ring (bicyclic) bond motifs is 3. The number of nitrogens with zero attached hydrogens (tertiary/aromatic N) is 3. The van der Waals surface area contributed by atoms with Crippen molar-refractivity contribution in [2.75, 3.05) is 0 Å². The second-order valence-corrected chi connectivity index (χ2v) is 6.66. The minimum atomic E-state index is 0.736. The van der Waals surface area contributed by atoms with Crippen LogP contribution in [0.15, 0.2) is 23.2 Å². The third kappa shape index (κ3) is 2.27. The van der Waals surface area contributed by atoms with Gasteiger partial charge in [-0.3, -0.25) is 0 Å². The van der Waals surface area contributed by atoms with Crippen LogP contribution < -0.4 is 0 Å². The minimum absolute atomic E-state index is 0.736. The number of allylic oxidation sites excluding steroid dienone is 1. The van der Waals surface area contributed by atoms with Gasteiger partial charge in [-0.15, -0.1) is 0 Å². The van der Waals surface area contributed by atoms with Gasteiger partial charge in [-0.05, 0) is 63.5 Å². The molecule has 4 aromatic rings. The molecule has 25 heavy (non-hydrogen) atoms. The predicted molar refractivity (Wildman–Crippen MR) is 101 cm³/mol. The number of nitrogens with one attached hydrogen (secondary N) is 1. The van der Waals surface area contributed by atoms with Gasteiger partial charge in [-0.1, -0.05) is 11.7 Å². The molecule has 4 rings (SSSR count). The lowest BCUT2D eigenvalue weighted by Gasteiger charge is -2.07. The quantitative estimate of drug-likeness (QED) is 0.559. The molecule has 0 radical (unpaired) electrons. The van der Waals surface area contributed by atoms with Gasteiger partial charge in [0, 0.05) is 16.5 Å². The number of aryl methyl sites for hydroxylation is 4. The van der Waals surface area contributed by atoms with Crippen LogP contribution in [0, 0.1) is 27.7 Å². The van der Waals surface area contributed by atoms with E-state index < -0.39 is 0 Å². The standard InChI is InChI=1S/C20H20N4O/c1-9(2)19-18-15-7-10(3)14(17-11(4)24-25-12(17)5)8-16(15)23-20(18)22-13(6)21-19/h7-8H,1H2,2-6H3,(H,21,22,23). The van der Waals surface area contributed by atoms with Crippen molar-refractivity contribution in [3.05, 3.63) is 47.2 Å². The highest BCUT2D eigenvalue weighted by Gasteiger charge is 2.18. The van der Waals surface area contributed by atoms with Gasteiger partial charge in [-0.25, -0.2) is 9.97 Å². The van der Waals surface area contributed by atoms with E-state index in [0.29, 0.717) is 0 Å². The Morgan fingerprint density at radius 2 is 1.88 bits per heavy atom. The highest BCUT2D eigenvalue weighted by molar-refractivity contribution is 6.11. The van der Waals surface area contributed by atoms with Crippen LogP contribution >= 0.6 is 0 Å². The Morgan fingerprint density at radius 3 is 2.52 bits per heavy atom. The molecule has 1 aromatic carbocycles. The summed E-state index contributed by atoms with van der Waals surface area (Å²) in [6.45, 7) is 14.0. The van der Waals surface area contributed by atoms with Crippen LogP contribution in [0.25, 0.3) is 38.6 Å². The molecule has 0 saturated carbocycles. The van der Waals surface area contributed by atoms with Crippen molar-refractivity contribution in [3.8, 4) is 11.1 Å². The van der Waals surface area contributed by atoms with E-state index in [1.807, 2.05) is 27.7 Å². The summed E-state index contributed by atoms with van der Waals surface area (Å²) in [5.41, 5.74) is 7.94. The van der Waals surface area contributed by atoms with Gasteiger partial charge in [-0.2, -0.15) is 0 Å². The maximum atomic E-state index is 5.35. The Bertz CT molecular complexity index is 1140. The maximum Gasteiger partial charge on any atom is 0.142 e. The molecule has 1 N–H and O–H groups in total. The summed E-state index contributed by atoms with van der Waals surface area (Å²) in [7, 11) is 0. The van der Waals surface area contributed by atoms with Gasteiger partial charge < -0.3 is 9.51 Å². The monoisotopic (exact) mass is 332 g/mol. The molecule has 0 fully saturated rings. The van der Waals surface area contributed by atoms with Crippen LogP contribution in [0.2, 0.25) is 0 Å². The second kappa shape index (κ2) is 5.28. The SMILES string of the molecule is C=C(C)c1nc(C)nc2[nH]c3cc(-c4c(C)noc4C)c(C)cc3c12. The van der Waals surface area contributed by atoms with E-state index in [1.165, 1.54) is 0 Å². The minimum Gasteiger partial charge on any atom is -0.361 e.